The molecule has 0 bridgehead atoms. The van der Waals surface area contributed by atoms with Crippen molar-refractivity contribution in [2.45, 2.75) is 6.18 Å². The maximum atomic E-state index is 12.3. The van der Waals surface area contributed by atoms with E-state index in [4.69, 9.17) is 0 Å². The molecule has 0 unspecified atom stereocenters. The third-order valence-electron chi connectivity index (χ3n) is 1.62. The second kappa shape index (κ2) is 4.30. The maximum absolute atomic E-state index is 12.3. The summed E-state index contributed by atoms with van der Waals surface area (Å²) in [5.41, 5.74) is -2.47. The third-order valence-corrected chi connectivity index (χ3v) is 2.31. The van der Waals surface area contributed by atoms with E-state index in [9.17, 15) is 22.0 Å². The molecule has 0 radical (unpaired) electrons. The molecule has 15 heavy (non-hydrogen) atoms. The first kappa shape index (κ1) is 12.2. The molecule has 1 aromatic rings. The molecule has 0 aromatic heterocycles. The Bertz CT molecular complexity index is 390. The summed E-state index contributed by atoms with van der Waals surface area (Å²) in [6.07, 6.45) is -7.81. The van der Waals surface area contributed by atoms with Gasteiger partial charge in [0.1, 0.15) is 5.57 Å². The lowest BCUT2D eigenvalue weighted by Crippen LogP contribution is -2.12. The molecule has 0 saturated heterocycles. The van der Waals surface area contributed by atoms with Gasteiger partial charge in [0.25, 0.3) is 6.08 Å². The van der Waals surface area contributed by atoms with Gasteiger partial charge >= 0.3 is 6.18 Å². The van der Waals surface area contributed by atoms with Crippen LogP contribution < -0.4 is 0 Å². The minimum absolute atomic E-state index is 0.0230. The van der Waals surface area contributed by atoms with Crippen LogP contribution in [0.15, 0.2) is 34.8 Å². The molecule has 0 aliphatic carbocycles. The van der Waals surface area contributed by atoms with Gasteiger partial charge in [-0.05, 0) is 6.07 Å². The van der Waals surface area contributed by atoms with E-state index < -0.39 is 23.4 Å². The predicted octanol–water partition coefficient (Wildman–Crippen LogP) is 4.62. The van der Waals surface area contributed by atoms with Gasteiger partial charge in [-0.3, -0.25) is 0 Å². The van der Waals surface area contributed by atoms with Crippen LogP contribution in [0, 0.1) is 0 Å². The fraction of sp³-hybridized carbons (Fsp3) is 0.111. The van der Waals surface area contributed by atoms with Gasteiger partial charge in [-0.15, -0.1) is 0 Å². The summed E-state index contributed by atoms with van der Waals surface area (Å²) in [5.74, 6) is 0. The highest BCUT2D eigenvalue weighted by Gasteiger charge is 2.39. The summed E-state index contributed by atoms with van der Waals surface area (Å²) in [6.45, 7) is 0. The zero-order valence-corrected chi connectivity index (χ0v) is 8.66. The Morgan fingerprint density at radius 1 is 1.07 bits per heavy atom. The summed E-state index contributed by atoms with van der Waals surface area (Å²) in [7, 11) is 0. The summed E-state index contributed by atoms with van der Waals surface area (Å²) in [4.78, 5) is 0. The lowest BCUT2D eigenvalue weighted by Gasteiger charge is -2.11. The molecule has 1 rings (SSSR count). The quantitative estimate of drug-likeness (QED) is 0.661. The van der Waals surface area contributed by atoms with Gasteiger partial charge < -0.3 is 0 Å². The fourth-order valence-corrected chi connectivity index (χ4v) is 1.51. The number of rotatable bonds is 1. The van der Waals surface area contributed by atoms with Gasteiger partial charge in [0.05, 0.1) is 0 Å². The first-order chi connectivity index (χ1) is 6.84. The van der Waals surface area contributed by atoms with Gasteiger partial charge in [0.15, 0.2) is 0 Å². The Kier molecular flexibility index (Phi) is 3.49. The van der Waals surface area contributed by atoms with Crippen LogP contribution in [0.1, 0.15) is 5.56 Å². The van der Waals surface area contributed by atoms with Crippen molar-refractivity contribution in [1.29, 1.82) is 0 Å². The van der Waals surface area contributed by atoms with Crippen LogP contribution in [-0.4, -0.2) is 6.18 Å². The van der Waals surface area contributed by atoms with Gasteiger partial charge in [-0.1, -0.05) is 34.1 Å². The highest BCUT2D eigenvalue weighted by atomic mass is 79.9. The van der Waals surface area contributed by atoms with E-state index in [0.29, 0.717) is 0 Å². The van der Waals surface area contributed by atoms with Crippen LogP contribution in [-0.2, 0) is 0 Å². The molecule has 0 atom stereocenters. The Balaban J connectivity index is 3.38. The number of hydrogen-bond donors (Lipinski definition) is 0. The van der Waals surface area contributed by atoms with E-state index in [-0.39, 0.29) is 4.47 Å². The Morgan fingerprint density at radius 3 is 2.00 bits per heavy atom. The van der Waals surface area contributed by atoms with Crippen molar-refractivity contribution in [3.8, 4) is 0 Å². The molecular weight excluding hydrogens is 283 g/mol. The summed E-state index contributed by atoms with van der Waals surface area (Å²) < 4.78 is 61.2. The second-order valence-corrected chi connectivity index (χ2v) is 3.47. The second-order valence-electron chi connectivity index (χ2n) is 2.61. The maximum Gasteiger partial charge on any atom is 0.422 e. The summed E-state index contributed by atoms with van der Waals surface area (Å²) in [5, 5.41) is 0. The van der Waals surface area contributed by atoms with Crippen LogP contribution in [0.4, 0.5) is 22.0 Å². The molecule has 0 aliphatic heterocycles. The molecule has 0 amide bonds. The topological polar surface area (TPSA) is 0 Å². The standard InChI is InChI=1S/C9H4BrF5/c10-6-4-2-1-3-5(6)7(8(11)12)9(13,14)15/h1-4H. The Hall–Kier alpha value is -0.910. The van der Waals surface area contributed by atoms with Crippen molar-refractivity contribution in [2.24, 2.45) is 0 Å². The van der Waals surface area contributed by atoms with Gasteiger partial charge in [0, 0.05) is 10.0 Å². The van der Waals surface area contributed by atoms with E-state index >= 15 is 0 Å². The van der Waals surface area contributed by atoms with Crippen molar-refractivity contribution in [2.75, 3.05) is 0 Å². The van der Waals surface area contributed by atoms with Gasteiger partial charge in [-0.2, -0.15) is 22.0 Å². The molecule has 0 fully saturated rings. The first-order valence-corrected chi connectivity index (χ1v) is 4.50. The lowest BCUT2D eigenvalue weighted by molar-refractivity contribution is -0.0711. The highest BCUT2D eigenvalue weighted by molar-refractivity contribution is 9.10. The molecule has 6 heteroatoms. The van der Waals surface area contributed by atoms with Crippen LogP contribution >= 0.6 is 15.9 Å². The largest absolute Gasteiger partial charge is 0.422 e. The van der Waals surface area contributed by atoms with Crippen LogP contribution in [0.5, 0.6) is 0 Å². The number of benzene rings is 1. The first-order valence-electron chi connectivity index (χ1n) is 3.71. The van der Waals surface area contributed by atoms with E-state index in [1.165, 1.54) is 18.2 Å². The van der Waals surface area contributed by atoms with Gasteiger partial charge in [-0.25, -0.2) is 0 Å². The monoisotopic (exact) mass is 286 g/mol. The van der Waals surface area contributed by atoms with Crippen molar-refractivity contribution < 1.29 is 22.0 Å². The normalized spacial score (nSPS) is 11.3. The van der Waals surface area contributed by atoms with Crippen molar-refractivity contribution in [1.82, 2.24) is 0 Å². The fourth-order valence-electron chi connectivity index (χ4n) is 1.03. The highest BCUT2D eigenvalue weighted by Crippen LogP contribution is 2.39. The van der Waals surface area contributed by atoms with E-state index in [0.717, 1.165) is 6.07 Å². The smallest absolute Gasteiger partial charge is 0.173 e. The van der Waals surface area contributed by atoms with Crippen molar-refractivity contribution in [3.05, 3.63) is 40.4 Å². The number of hydrogen-bond acceptors (Lipinski definition) is 0. The molecule has 0 aliphatic rings. The van der Waals surface area contributed by atoms with E-state index in [2.05, 4.69) is 15.9 Å². The minimum Gasteiger partial charge on any atom is -0.173 e. The average Bonchev–Trinajstić information content (AvgIpc) is 2.05. The average molecular weight is 287 g/mol. The molecule has 82 valence electrons. The molecule has 1 aromatic carbocycles. The molecule has 0 nitrogen and oxygen atoms in total. The molecule has 0 saturated carbocycles. The van der Waals surface area contributed by atoms with E-state index in [1.807, 2.05) is 0 Å². The Morgan fingerprint density at radius 2 is 1.60 bits per heavy atom. The van der Waals surface area contributed by atoms with Crippen LogP contribution in [0.2, 0.25) is 0 Å². The number of alkyl halides is 3. The summed E-state index contributed by atoms with van der Waals surface area (Å²) >= 11 is 2.79. The lowest BCUT2D eigenvalue weighted by atomic mass is 10.1. The van der Waals surface area contributed by atoms with Gasteiger partial charge in [0.2, 0.25) is 0 Å². The van der Waals surface area contributed by atoms with Crippen LogP contribution in [0.3, 0.4) is 0 Å². The molecule has 0 N–H and O–H groups in total. The van der Waals surface area contributed by atoms with Crippen molar-refractivity contribution in [3.63, 3.8) is 0 Å². The zero-order chi connectivity index (χ0) is 11.6. The molecular formula is C9H4BrF5. The van der Waals surface area contributed by atoms with Crippen LogP contribution in [0.25, 0.3) is 5.57 Å². The minimum atomic E-state index is -5.07. The van der Waals surface area contributed by atoms with E-state index in [1.54, 1.807) is 0 Å². The van der Waals surface area contributed by atoms with Crippen molar-refractivity contribution >= 4 is 21.5 Å². The third kappa shape index (κ3) is 2.77. The summed E-state index contributed by atoms with van der Waals surface area (Å²) in [6, 6.07) is 4.95. The Labute approximate surface area is 90.5 Å². The zero-order valence-electron chi connectivity index (χ0n) is 7.08. The molecule has 0 spiro atoms. The predicted molar refractivity (Wildman–Crippen MR) is 49.3 cm³/mol. The molecule has 0 heterocycles. The SMILES string of the molecule is FC(F)=C(c1ccccc1Br)C(F)(F)F. The number of allylic oxidation sites excluding steroid dienone is 1. The number of halogens is 6.